The summed E-state index contributed by atoms with van der Waals surface area (Å²) in [6, 6.07) is 15.0. The number of sulfone groups is 1. The van der Waals surface area contributed by atoms with Crippen molar-refractivity contribution in [2.45, 2.75) is 68.7 Å². The predicted octanol–water partition coefficient (Wildman–Crippen LogP) is 3.59. The van der Waals surface area contributed by atoms with Crippen LogP contribution in [-0.2, 0) is 35.5 Å². The zero-order valence-corrected chi connectivity index (χ0v) is 19.2. The summed E-state index contributed by atoms with van der Waals surface area (Å²) in [6.45, 7) is 7.00. The van der Waals surface area contributed by atoms with E-state index in [9.17, 15) is 13.2 Å². The summed E-state index contributed by atoms with van der Waals surface area (Å²) in [7, 11) is -4.02. The highest BCUT2D eigenvalue weighted by molar-refractivity contribution is 7.92. The van der Waals surface area contributed by atoms with E-state index < -0.39 is 45.4 Å². The molecule has 0 N–H and O–H groups in total. The standard InChI is InChI=1S/C23H27NO7S/c1-15-10-12-18(13-11-15)32(26,27)21-20-19(29-23(3,4)30-20)16(2)24(31-21)22(25)28-14-17-8-6-5-7-9-17/h5-13,16,19-21H,14H2,1-4H3/t16-,19-,20-,21+/m0/s1. The topological polar surface area (TPSA) is 91.4 Å². The number of ether oxygens (including phenoxy) is 3. The lowest BCUT2D eigenvalue weighted by atomic mass is 10.1. The van der Waals surface area contributed by atoms with Crippen LogP contribution in [0, 0.1) is 6.92 Å². The Balaban J connectivity index is 1.62. The van der Waals surface area contributed by atoms with Crippen LogP contribution in [0.3, 0.4) is 0 Å². The van der Waals surface area contributed by atoms with Crippen LogP contribution in [0.15, 0.2) is 59.5 Å². The van der Waals surface area contributed by atoms with E-state index in [1.165, 1.54) is 12.1 Å². The Bertz CT molecular complexity index is 1070. The van der Waals surface area contributed by atoms with E-state index in [2.05, 4.69) is 0 Å². The van der Waals surface area contributed by atoms with Crippen LogP contribution in [0.1, 0.15) is 31.9 Å². The molecular weight excluding hydrogens is 434 g/mol. The van der Waals surface area contributed by atoms with E-state index >= 15 is 0 Å². The Morgan fingerprint density at radius 2 is 1.66 bits per heavy atom. The quantitative estimate of drug-likeness (QED) is 0.687. The van der Waals surface area contributed by atoms with Crippen molar-refractivity contribution < 1.29 is 32.3 Å². The molecule has 2 saturated heterocycles. The summed E-state index contributed by atoms with van der Waals surface area (Å²) in [5.74, 6) is -1.03. The Kier molecular flexibility index (Phi) is 6.02. The van der Waals surface area contributed by atoms with Gasteiger partial charge in [0.05, 0.1) is 10.9 Å². The molecule has 0 spiro atoms. The molecule has 4 rings (SSSR count). The summed E-state index contributed by atoms with van der Waals surface area (Å²) in [5, 5.41) is 0.950. The Morgan fingerprint density at radius 1 is 1.03 bits per heavy atom. The van der Waals surface area contributed by atoms with Gasteiger partial charge in [-0.1, -0.05) is 48.0 Å². The Hall–Kier alpha value is -2.46. The zero-order chi connectivity index (χ0) is 23.1. The molecular formula is C23H27NO7S. The van der Waals surface area contributed by atoms with Gasteiger partial charge in [0.25, 0.3) is 0 Å². The fourth-order valence-corrected chi connectivity index (χ4v) is 5.44. The van der Waals surface area contributed by atoms with E-state index in [1.807, 2.05) is 37.3 Å². The number of hydrogen-bond donors (Lipinski definition) is 0. The van der Waals surface area contributed by atoms with Gasteiger partial charge in [-0.15, -0.1) is 0 Å². The van der Waals surface area contributed by atoms with Gasteiger partial charge in [-0.3, -0.25) is 0 Å². The Labute approximate surface area is 187 Å². The second kappa shape index (κ2) is 8.47. The van der Waals surface area contributed by atoms with Crippen LogP contribution in [0.2, 0.25) is 0 Å². The predicted molar refractivity (Wildman–Crippen MR) is 115 cm³/mol. The molecule has 4 atom stereocenters. The van der Waals surface area contributed by atoms with E-state index in [-0.39, 0.29) is 11.5 Å². The molecule has 0 bridgehead atoms. The monoisotopic (exact) mass is 461 g/mol. The van der Waals surface area contributed by atoms with Gasteiger partial charge in [0.2, 0.25) is 15.3 Å². The minimum absolute atomic E-state index is 0.0264. The number of amides is 1. The molecule has 2 aromatic rings. The molecule has 1 amide bonds. The first kappa shape index (κ1) is 22.7. The number of nitrogens with zero attached hydrogens (tertiary/aromatic N) is 1. The van der Waals surface area contributed by atoms with Crippen LogP contribution >= 0.6 is 0 Å². The van der Waals surface area contributed by atoms with Crippen LogP contribution in [0.25, 0.3) is 0 Å². The van der Waals surface area contributed by atoms with Gasteiger partial charge in [-0.05, 0) is 45.4 Å². The Morgan fingerprint density at radius 3 is 2.31 bits per heavy atom. The maximum atomic E-state index is 13.5. The molecule has 2 heterocycles. The number of hydroxylamine groups is 2. The van der Waals surface area contributed by atoms with Crippen molar-refractivity contribution in [1.29, 1.82) is 0 Å². The van der Waals surface area contributed by atoms with Crippen molar-refractivity contribution in [3.63, 3.8) is 0 Å². The van der Waals surface area contributed by atoms with E-state index in [4.69, 9.17) is 19.0 Å². The molecule has 0 aliphatic carbocycles. The third kappa shape index (κ3) is 4.38. The first-order valence-corrected chi connectivity index (χ1v) is 12.0. The summed E-state index contributed by atoms with van der Waals surface area (Å²) in [6.07, 6.45) is -2.42. The average Bonchev–Trinajstić information content (AvgIpc) is 3.08. The van der Waals surface area contributed by atoms with Crippen LogP contribution < -0.4 is 0 Å². The van der Waals surface area contributed by atoms with E-state index in [1.54, 1.807) is 32.9 Å². The minimum Gasteiger partial charge on any atom is -0.443 e. The van der Waals surface area contributed by atoms with Gasteiger partial charge in [0, 0.05) is 0 Å². The number of fused-ring (bicyclic) bond motifs is 1. The highest BCUT2D eigenvalue weighted by Crippen LogP contribution is 2.40. The second-order valence-corrected chi connectivity index (χ2v) is 10.5. The highest BCUT2D eigenvalue weighted by atomic mass is 32.2. The minimum atomic E-state index is -4.02. The smallest absolute Gasteiger partial charge is 0.434 e. The average molecular weight is 462 g/mol. The normalized spacial score (nSPS) is 27.1. The fraction of sp³-hybridized carbons (Fsp3) is 0.435. The van der Waals surface area contributed by atoms with E-state index in [0.717, 1.165) is 16.2 Å². The molecule has 2 aliphatic rings. The number of aryl methyl sites for hydroxylation is 1. The number of rotatable bonds is 4. The third-order valence-corrected chi connectivity index (χ3v) is 7.43. The van der Waals surface area contributed by atoms with Gasteiger partial charge in [-0.2, -0.15) is 5.06 Å². The van der Waals surface area contributed by atoms with Crippen molar-refractivity contribution >= 4 is 15.9 Å². The van der Waals surface area contributed by atoms with Gasteiger partial charge in [0.1, 0.15) is 18.8 Å². The molecule has 8 nitrogen and oxygen atoms in total. The van der Waals surface area contributed by atoms with Gasteiger partial charge < -0.3 is 14.2 Å². The fourth-order valence-electron chi connectivity index (χ4n) is 3.89. The first-order valence-electron chi connectivity index (χ1n) is 10.4. The number of benzene rings is 2. The lowest BCUT2D eigenvalue weighted by Crippen LogP contribution is -2.61. The third-order valence-electron chi connectivity index (χ3n) is 5.54. The highest BCUT2D eigenvalue weighted by Gasteiger charge is 2.58. The molecule has 2 fully saturated rings. The summed E-state index contributed by atoms with van der Waals surface area (Å²) < 4.78 is 44.2. The van der Waals surface area contributed by atoms with Crippen LogP contribution in [0.4, 0.5) is 4.79 Å². The van der Waals surface area contributed by atoms with Gasteiger partial charge >= 0.3 is 6.09 Å². The van der Waals surface area contributed by atoms with Gasteiger partial charge in [-0.25, -0.2) is 18.0 Å². The first-order chi connectivity index (χ1) is 15.1. The molecule has 32 heavy (non-hydrogen) atoms. The molecule has 9 heteroatoms. The SMILES string of the molecule is Cc1ccc(S(=O)(=O)[C@H]2ON(C(=O)OCc3ccccc3)[C@@H](C)[C@@H]3OC(C)(C)O[C@@H]32)cc1. The largest absolute Gasteiger partial charge is 0.443 e. The summed E-state index contributed by atoms with van der Waals surface area (Å²) >= 11 is 0. The summed E-state index contributed by atoms with van der Waals surface area (Å²) in [4.78, 5) is 18.7. The second-order valence-electron chi connectivity index (χ2n) is 8.50. The van der Waals surface area contributed by atoms with E-state index in [0.29, 0.717) is 0 Å². The van der Waals surface area contributed by atoms with Crippen molar-refractivity contribution in [2.24, 2.45) is 0 Å². The van der Waals surface area contributed by atoms with Gasteiger partial charge in [0.15, 0.2) is 5.79 Å². The number of carbonyl (C=O) groups is 1. The molecule has 0 unspecified atom stereocenters. The molecule has 172 valence electrons. The molecule has 0 aromatic heterocycles. The lowest BCUT2D eigenvalue weighted by molar-refractivity contribution is -0.238. The van der Waals surface area contributed by atoms with Crippen molar-refractivity contribution in [3.05, 3.63) is 65.7 Å². The van der Waals surface area contributed by atoms with Crippen LogP contribution in [-0.4, -0.2) is 49.0 Å². The molecule has 0 radical (unpaired) electrons. The maximum absolute atomic E-state index is 13.5. The number of hydrogen-bond acceptors (Lipinski definition) is 7. The van der Waals surface area contributed by atoms with Crippen molar-refractivity contribution in [1.82, 2.24) is 5.06 Å². The zero-order valence-electron chi connectivity index (χ0n) is 18.4. The summed E-state index contributed by atoms with van der Waals surface area (Å²) in [5.41, 5.74) is 0.249. The molecule has 2 aromatic carbocycles. The molecule has 0 saturated carbocycles. The van der Waals surface area contributed by atoms with Crippen molar-refractivity contribution in [2.75, 3.05) is 0 Å². The van der Waals surface area contributed by atoms with Crippen molar-refractivity contribution in [3.8, 4) is 0 Å². The maximum Gasteiger partial charge on any atom is 0.434 e. The lowest BCUT2D eigenvalue weighted by Gasteiger charge is -2.41. The van der Waals surface area contributed by atoms with Crippen LogP contribution in [0.5, 0.6) is 0 Å². The molecule has 2 aliphatic heterocycles. The number of carbonyl (C=O) groups excluding carboxylic acids is 1.